The predicted molar refractivity (Wildman–Crippen MR) is 81.3 cm³/mol. The van der Waals surface area contributed by atoms with Crippen molar-refractivity contribution < 1.29 is 9.72 Å². The number of hydrogen-bond donors (Lipinski definition) is 2. The Kier molecular flexibility index (Phi) is 4.80. The molecule has 0 saturated heterocycles. The third kappa shape index (κ3) is 3.33. The molecule has 0 heterocycles. The molecule has 1 amide bonds. The van der Waals surface area contributed by atoms with Crippen molar-refractivity contribution in [2.24, 2.45) is 11.1 Å². The van der Waals surface area contributed by atoms with E-state index in [0.29, 0.717) is 17.9 Å². The van der Waals surface area contributed by atoms with E-state index < -0.39 is 10.3 Å². The van der Waals surface area contributed by atoms with Crippen LogP contribution < -0.4 is 11.1 Å². The van der Waals surface area contributed by atoms with E-state index in [0.717, 1.165) is 19.3 Å². The van der Waals surface area contributed by atoms with E-state index in [2.05, 4.69) is 5.32 Å². The Labute approximate surface area is 127 Å². The van der Waals surface area contributed by atoms with Crippen molar-refractivity contribution in [2.45, 2.75) is 32.1 Å². The maximum absolute atomic E-state index is 12.5. The standard InChI is InChI=1S/C14H18ClN3O3/c15-10-4-5-12(18(20)21)11(8-10)17-13(19)14(9-16)6-2-1-3-7-14/h4-5,8H,1-3,6-7,9,16H2,(H,17,19). The van der Waals surface area contributed by atoms with Crippen LogP contribution in [0.1, 0.15) is 32.1 Å². The number of anilines is 1. The molecule has 114 valence electrons. The van der Waals surface area contributed by atoms with Crippen LogP contribution in [0.15, 0.2) is 18.2 Å². The first-order chi connectivity index (χ1) is 9.98. The van der Waals surface area contributed by atoms with E-state index in [9.17, 15) is 14.9 Å². The lowest BCUT2D eigenvalue weighted by Crippen LogP contribution is -2.43. The van der Waals surface area contributed by atoms with Crippen LogP contribution in [-0.4, -0.2) is 17.4 Å². The quantitative estimate of drug-likeness (QED) is 0.659. The van der Waals surface area contributed by atoms with Gasteiger partial charge in [0.25, 0.3) is 5.69 Å². The molecule has 1 fully saturated rings. The van der Waals surface area contributed by atoms with Crippen LogP contribution in [0.3, 0.4) is 0 Å². The number of nitrogens with one attached hydrogen (secondary N) is 1. The number of carbonyl (C=O) groups excluding carboxylic acids is 1. The van der Waals surface area contributed by atoms with Crippen LogP contribution in [0.25, 0.3) is 0 Å². The number of rotatable bonds is 4. The average Bonchev–Trinajstić information content (AvgIpc) is 2.47. The molecular weight excluding hydrogens is 294 g/mol. The highest BCUT2D eigenvalue weighted by Crippen LogP contribution is 2.37. The largest absolute Gasteiger partial charge is 0.329 e. The van der Waals surface area contributed by atoms with Crippen molar-refractivity contribution in [3.63, 3.8) is 0 Å². The van der Waals surface area contributed by atoms with Gasteiger partial charge in [-0.15, -0.1) is 0 Å². The summed E-state index contributed by atoms with van der Waals surface area (Å²) in [5.41, 5.74) is 5.12. The SMILES string of the molecule is NCC1(C(=O)Nc2cc(Cl)ccc2[N+](=O)[O-])CCCCC1. The Hall–Kier alpha value is -1.66. The van der Waals surface area contributed by atoms with Gasteiger partial charge >= 0.3 is 0 Å². The monoisotopic (exact) mass is 311 g/mol. The highest BCUT2D eigenvalue weighted by Gasteiger charge is 2.38. The van der Waals surface area contributed by atoms with Gasteiger partial charge in [-0.3, -0.25) is 14.9 Å². The summed E-state index contributed by atoms with van der Waals surface area (Å²) in [4.78, 5) is 23.0. The molecule has 1 saturated carbocycles. The fourth-order valence-corrected chi connectivity index (χ4v) is 2.95. The molecule has 1 aliphatic carbocycles. The summed E-state index contributed by atoms with van der Waals surface area (Å²) in [6.07, 6.45) is 4.41. The van der Waals surface area contributed by atoms with Gasteiger partial charge in [0, 0.05) is 17.6 Å². The Morgan fingerprint density at radius 2 is 2.05 bits per heavy atom. The highest BCUT2D eigenvalue weighted by atomic mass is 35.5. The van der Waals surface area contributed by atoms with Gasteiger partial charge in [0.15, 0.2) is 0 Å². The molecule has 0 unspecified atom stereocenters. The van der Waals surface area contributed by atoms with Gasteiger partial charge in [0.2, 0.25) is 5.91 Å². The number of nitro groups is 1. The fourth-order valence-electron chi connectivity index (χ4n) is 2.77. The van der Waals surface area contributed by atoms with Gasteiger partial charge < -0.3 is 11.1 Å². The topological polar surface area (TPSA) is 98.3 Å². The Bertz CT molecular complexity index is 556. The zero-order chi connectivity index (χ0) is 15.5. The third-order valence-corrected chi connectivity index (χ3v) is 4.32. The predicted octanol–water partition coefficient (Wildman–Crippen LogP) is 3.10. The minimum Gasteiger partial charge on any atom is -0.329 e. The second kappa shape index (κ2) is 6.41. The molecule has 1 aromatic rings. The van der Waals surface area contributed by atoms with E-state index in [1.165, 1.54) is 18.2 Å². The van der Waals surface area contributed by atoms with Gasteiger partial charge in [-0.25, -0.2) is 0 Å². The van der Waals surface area contributed by atoms with Crippen molar-refractivity contribution in [3.05, 3.63) is 33.3 Å². The van der Waals surface area contributed by atoms with Crippen molar-refractivity contribution in [3.8, 4) is 0 Å². The molecule has 3 N–H and O–H groups in total. The summed E-state index contributed by atoms with van der Waals surface area (Å²) in [5.74, 6) is -0.255. The van der Waals surface area contributed by atoms with Gasteiger partial charge in [0.1, 0.15) is 5.69 Å². The number of carbonyl (C=O) groups is 1. The van der Waals surface area contributed by atoms with Crippen LogP contribution >= 0.6 is 11.6 Å². The van der Waals surface area contributed by atoms with Gasteiger partial charge in [-0.2, -0.15) is 0 Å². The molecule has 2 rings (SSSR count). The van der Waals surface area contributed by atoms with Crippen LogP contribution in [0.4, 0.5) is 11.4 Å². The molecule has 0 radical (unpaired) electrons. The van der Waals surface area contributed by atoms with Crippen LogP contribution in [0, 0.1) is 15.5 Å². The molecule has 6 nitrogen and oxygen atoms in total. The maximum atomic E-state index is 12.5. The molecule has 1 aromatic carbocycles. The van der Waals surface area contributed by atoms with E-state index in [1.54, 1.807) is 0 Å². The summed E-state index contributed by atoms with van der Waals surface area (Å²) in [6.45, 7) is 0.243. The smallest absolute Gasteiger partial charge is 0.292 e. The van der Waals surface area contributed by atoms with Crippen LogP contribution in [-0.2, 0) is 4.79 Å². The molecule has 1 aliphatic rings. The van der Waals surface area contributed by atoms with Gasteiger partial charge in [-0.1, -0.05) is 30.9 Å². The summed E-state index contributed by atoms with van der Waals surface area (Å²) in [5, 5.41) is 14.0. The lowest BCUT2D eigenvalue weighted by Gasteiger charge is -2.34. The summed E-state index contributed by atoms with van der Waals surface area (Å²) < 4.78 is 0. The van der Waals surface area contributed by atoms with Crippen LogP contribution in [0.5, 0.6) is 0 Å². The number of nitrogens with zero attached hydrogens (tertiary/aromatic N) is 1. The number of hydrogen-bond acceptors (Lipinski definition) is 4. The number of benzene rings is 1. The van der Waals surface area contributed by atoms with E-state index in [4.69, 9.17) is 17.3 Å². The second-order valence-electron chi connectivity index (χ2n) is 5.42. The minimum absolute atomic E-state index is 0.121. The lowest BCUT2D eigenvalue weighted by atomic mass is 9.73. The fraction of sp³-hybridized carbons (Fsp3) is 0.500. The van der Waals surface area contributed by atoms with Crippen LogP contribution in [0.2, 0.25) is 5.02 Å². The molecule has 0 bridgehead atoms. The van der Waals surface area contributed by atoms with E-state index in [-0.39, 0.29) is 23.8 Å². The minimum atomic E-state index is -0.631. The molecule has 0 aliphatic heterocycles. The number of nitro benzene ring substituents is 1. The summed E-state index contributed by atoms with van der Waals surface area (Å²) in [6, 6.07) is 4.10. The Morgan fingerprint density at radius 3 is 2.62 bits per heavy atom. The van der Waals surface area contributed by atoms with Crippen molar-refractivity contribution in [2.75, 3.05) is 11.9 Å². The number of halogens is 1. The van der Waals surface area contributed by atoms with Crippen molar-refractivity contribution >= 4 is 28.9 Å². The second-order valence-corrected chi connectivity index (χ2v) is 5.85. The highest BCUT2D eigenvalue weighted by molar-refractivity contribution is 6.31. The zero-order valence-electron chi connectivity index (χ0n) is 11.6. The number of nitrogens with two attached hydrogens (primary N) is 1. The zero-order valence-corrected chi connectivity index (χ0v) is 12.4. The lowest BCUT2D eigenvalue weighted by molar-refractivity contribution is -0.383. The first kappa shape index (κ1) is 15.7. The third-order valence-electron chi connectivity index (χ3n) is 4.09. The van der Waals surface area contributed by atoms with E-state index >= 15 is 0 Å². The number of amides is 1. The van der Waals surface area contributed by atoms with Crippen molar-refractivity contribution in [1.29, 1.82) is 0 Å². The molecule has 21 heavy (non-hydrogen) atoms. The van der Waals surface area contributed by atoms with Gasteiger partial charge in [0.05, 0.1) is 10.3 Å². The molecule has 0 spiro atoms. The molecule has 7 heteroatoms. The maximum Gasteiger partial charge on any atom is 0.292 e. The molecular formula is C14H18ClN3O3. The molecule has 0 aromatic heterocycles. The van der Waals surface area contributed by atoms with E-state index in [1.807, 2.05) is 0 Å². The molecule has 0 atom stereocenters. The Balaban J connectivity index is 2.26. The normalized spacial score (nSPS) is 17.2. The Morgan fingerprint density at radius 1 is 1.38 bits per heavy atom. The first-order valence-electron chi connectivity index (χ1n) is 6.94. The summed E-state index contributed by atoms with van der Waals surface area (Å²) >= 11 is 5.86. The first-order valence-corrected chi connectivity index (χ1v) is 7.32. The average molecular weight is 312 g/mol. The van der Waals surface area contributed by atoms with Gasteiger partial charge in [-0.05, 0) is 25.0 Å². The van der Waals surface area contributed by atoms with Crippen molar-refractivity contribution in [1.82, 2.24) is 0 Å². The summed E-state index contributed by atoms with van der Waals surface area (Å²) in [7, 11) is 0.